The molecule has 5 heteroatoms. The Hall–Kier alpha value is -2.43. The van der Waals surface area contributed by atoms with Gasteiger partial charge in [0.2, 0.25) is 0 Å². The number of nitrogens with zero attached hydrogens (tertiary/aromatic N) is 4. The van der Waals surface area contributed by atoms with Crippen LogP contribution in [0.5, 0.6) is 0 Å². The summed E-state index contributed by atoms with van der Waals surface area (Å²) >= 11 is 0. The summed E-state index contributed by atoms with van der Waals surface area (Å²) in [6, 6.07) is 9.88. The molecule has 0 spiro atoms. The van der Waals surface area contributed by atoms with Gasteiger partial charge in [0.05, 0.1) is 17.6 Å². The SMILES string of the molecule is Cc1nc2c(cnn2-c2ccc(N3CCC(C)(C)CC3)cc2)cc1F. The minimum atomic E-state index is -0.296. The maximum absolute atomic E-state index is 13.7. The Labute approximate surface area is 147 Å². The Morgan fingerprint density at radius 3 is 2.36 bits per heavy atom. The number of aryl methyl sites for hydroxylation is 1. The van der Waals surface area contributed by atoms with Crippen molar-refractivity contribution in [1.29, 1.82) is 0 Å². The number of rotatable bonds is 2. The van der Waals surface area contributed by atoms with Crippen LogP contribution in [0.25, 0.3) is 16.7 Å². The van der Waals surface area contributed by atoms with Crippen LogP contribution in [-0.2, 0) is 0 Å². The summed E-state index contributed by atoms with van der Waals surface area (Å²) in [5, 5.41) is 5.10. The zero-order valence-corrected chi connectivity index (χ0v) is 15.0. The van der Waals surface area contributed by atoms with E-state index in [9.17, 15) is 4.39 Å². The molecule has 25 heavy (non-hydrogen) atoms. The summed E-state index contributed by atoms with van der Waals surface area (Å²) in [5.74, 6) is -0.296. The summed E-state index contributed by atoms with van der Waals surface area (Å²) in [6.07, 6.45) is 4.09. The molecule has 0 radical (unpaired) electrons. The molecule has 3 aromatic rings. The molecule has 130 valence electrons. The van der Waals surface area contributed by atoms with Gasteiger partial charge in [-0.25, -0.2) is 14.1 Å². The lowest BCUT2D eigenvalue weighted by molar-refractivity contribution is 0.280. The topological polar surface area (TPSA) is 34.0 Å². The third kappa shape index (κ3) is 2.99. The van der Waals surface area contributed by atoms with E-state index in [0.717, 1.165) is 18.8 Å². The van der Waals surface area contributed by atoms with E-state index in [1.807, 2.05) is 0 Å². The largest absolute Gasteiger partial charge is 0.371 e. The first-order valence-electron chi connectivity index (χ1n) is 8.79. The Kier molecular flexibility index (Phi) is 3.74. The van der Waals surface area contributed by atoms with E-state index in [4.69, 9.17) is 0 Å². The van der Waals surface area contributed by atoms with Gasteiger partial charge in [-0.3, -0.25) is 0 Å². The van der Waals surface area contributed by atoms with E-state index in [-0.39, 0.29) is 5.82 Å². The summed E-state index contributed by atoms with van der Waals surface area (Å²) in [4.78, 5) is 6.79. The molecule has 0 aliphatic carbocycles. The number of fused-ring (bicyclic) bond motifs is 1. The smallest absolute Gasteiger partial charge is 0.163 e. The highest BCUT2D eigenvalue weighted by Gasteiger charge is 2.25. The van der Waals surface area contributed by atoms with Gasteiger partial charge in [0, 0.05) is 24.2 Å². The first-order valence-corrected chi connectivity index (χ1v) is 8.79. The van der Waals surface area contributed by atoms with Crippen molar-refractivity contribution in [2.24, 2.45) is 5.41 Å². The Bertz CT molecular complexity index is 901. The van der Waals surface area contributed by atoms with Crippen LogP contribution in [0, 0.1) is 18.2 Å². The fourth-order valence-electron chi connectivity index (χ4n) is 3.39. The third-order valence-electron chi connectivity index (χ3n) is 5.25. The monoisotopic (exact) mass is 338 g/mol. The second-order valence-corrected chi connectivity index (χ2v) is 7.69. The third-order valence-corrected chi connectivity index (χ3v) is 5.25. The minimum Gasteiger partial charge on any atom is -0.371 e. The van der Waals surface area contributed by atoms with Gasteiger partial charge in [0.25, 0.3) is 0 Å². The van der Waals surface area contributed by atoms with E-state index < -0.39 is 0 Å². The van der Waals surface area contributed by atoms with Crippen molar-refractivity contribution < 1.29 is 4.39 Å². The predicted molar refractivity (Wildman–Crippen MR) is 98.8 cm³/mol. The number of halogens is 1. The van der Waals surface area contributed by atoms with E-state index >= 15 is 0 Å². The molecule has 0 amide bonds. The molecule has 0 saturated carbocycles. The Morgan fingerprint density at radius 1 is 1.04 bits per heavy atom. The van der Waals surface area contributed by atoms with Crippen LogP contribution in [0.1, 0.15) is 32.4 Å². The molecular weight excluding hydrogens is 315 g/mol. The average Bonchev–Trinajstić information content (AvgIpc) is 2.98. The maximum Gasteiger partial charge on any atom is 0.163 e. The van der Waals surface area contributed by atoms with Crippen LogP contribution in [0.3, 0.4) is 0 Å². The summed E-state index contributed by atoms with van der Waals surface area (Å²) in [6.45, 7) is 8.55. The number of piperidine rings is 1. The first-order chi connectivity index (χ1) is 11.9. The molecule has 0 atom stereocenters. The van der Waals surface area contributed by atoms with Gasteiger partial charge in [0.15, 0.2) is 5.65 Å². The molecule has 2 aromatic heterocycles. The van der Waals surface area contributed by atoms with Gasteiger partial charge in [-0.05, 0) is 55.5 Å². The fourth-order valence-corrected chi connectivity index (χ4v) is 3.39. The van der Waals surface area contributed by atoms with Crippen LogP contribution < -0.4 is 4.90 Å². The lowest BCUT2D eigenvalue weighted by Crippen LogP contribution is -2.37. The van der Waals surface area contributed by atoms with Gasteiger partial charge < -0.3 is 4.90 Å². The minimum absolute atomic E-state index is 0.296. The lowest BCUT2D eigenvalue weighted by Gasteiger charge is -2.38. The zero-order chi connectivity index (χ0) is 17.6. The summed E-state index contributed by atoms with van der Waals surface area (Å²) < 4.78 is 15.4. The lowest BCUT2D eigenvalue weighted by atomic mass is 9.82. The zero-order valence-electron chi connectivity index (χ0n) is 15.0. The molecule has 4 rings (SSSR count). The first kappa shape index (κ1) is 16.1. The number of hydrogen-bond acceptors (Lipinski definition) is 3. The molecule has 1 saturated heterocycles. The second-order valence-electron chi connectivity index (χ2n) is 7.69. The highest BCUT2D eigenvalue weighted by atomic mass is 19.1. The molecule has 1 fully saturated rings. The van der Waals surface area contributed by atoms with Crippen molar-refractivity contribution >= 4 is 16.7 Å². The highest BCUT2D eigenvalue weighted by molar-refractivity contribution is 5.76. The molecule has 4 nitrogen and oxygen atoms in total. The number of pyridine rings is 1. The van der Waals surface area contributed by atoms with Gasteiger partial charge in [-0.1, -0.05) is 13.8 Å². The van der Waals surface area contributed by atoms with Crippen LogP contribution in [0.15, 0.2) is 36.5 Å². The number of anilines is 1. The average molecular weight is 338 g/mol. The van der Waals surface area contributed by atoms with Gasteiger partial charge >= 0.3 is 0 Å². The maximum atomic E-state index is 13.7. The van der Waals surface area contributed by atoms with Gasteiger partial charge in [-0.2, -0.15) is 5.10 Å². The molecular formula is C20H23FN4. The highest BCUT2D eigenvalue weighted by Crippen LogP contribution is 2.32. The van der Waals surface area contributed by atoms with Crippen LogP contribution in [0.4, 0.5) is 10.1 Å². The van der Waals surface area contributed by atoms with Crippen molar-refractivity contribution in [2.75, 3.05) is 18.0 Å². The van der Waals surface area contributed by atoms with Crippen molar-refractivity contribution in [3.63, 3.8) is 0 Å². The normalized spacial score (nSPS) is 17.2. The van der Waals surface area contributed by atoms with E-state index in [0.29, 0.717) is 22.1 Å². The van der Waals surface area contributed by atoms with Crippen LogP contribution in [0.2, 0.25) is 0 Å². The van der Waals surface area contributed by atoms with E-state index in [1.165, 1.54) is 24.6 Å². The molecule has 0 bridgehead atoms. The molecule has 1 aliphatic rings. The predicted octanol–water partition coefficient (Wildman–Crippen LogP) is 4.49. The molecule has 1 aliphatic heterocycles. The Balaban J connectivity index is 1.62. The quantitative estimate of drug-likeness (QED) is 0.690. The van der Waals surface area contributed by atoms with Crippen LogP contribution >= 0.6 is 0 Å². The second kappa shape index (κ2) is 5.83. The van der Waals surface area contributed by atoms with E-state index in [1.54, 1.807) is 17.8 Å². The van der Waals surface area contributed by atoms with Crippen molar-refractivity contribution in [3.05, 3.63) is 48.0 Å². The number of benzene rings is 1. The molecule has 3 heterocycles. The van der Waals surface area contributed by atoms with Gasteiger partial charge in [-0.15, -0.1) is 0 Å². The van der Waals surface area contributed by atoms with Crippen molar-refractivity contribution in [2.45, 2.75) is 33.6 Å². The summed E-state index contributed by atoms with van der Waals surface area (Å²) in [5.41, 5.74) is 3.71. The Morgan fingerprint density at radius 2 is 1.68 bits per heavy atom. The molecule has 1 aromatic carbocycles. The number of aromatic nitrogens is 3. The standard InChI is InChI=1S/C20H23FN4/c1-14-18(21)12-15-13-22-25(19(15)23-14)17-6-4-16(5-7-17)24-10-8-20(2,3)9-11-24/h4-7,12-13H,8-11H2,1-3H3. The van der Waals surface area contributed by atoms with Crippen molar-refractivity contribution in [1.82, 2.24) is 14.8 Å². The van der Waals surface area contributed by atoms with Gasteiger partial charge in [0.1, 0.15) is 5.82 Å². The molecule has 0 unspecified atom stereocenters. The van der Waals surface area contributed by atoms with Crippen LogP contribution in [-0.4, -0.2) is 27.9 Å². The summed E-state index contributed by atoms with van der Waals surface area (Å²) in [7, 11) is 0. The fraction of sp³-hybridized carbons (Fsp3) is 0.400. The molecule has 0 N–H and O–H groups in total. The number of hydrogen-bond donors (Lipinski definition) is 0. The van der Waals surface area contributed by atoms with Crippen molar-refractivity contribution in [3.8, 4) is 5.69 Å². The van der Waals surface area contributed by atoms with E-state index in [2.05, 4.69) is 53.1 Å².